The number of carbonyl (C=O) groups excluding carboxylic acids is 1. The average molecular weight is 378 g/mol. The first-order valence-corrected chi connectivity index (χ1v) is 10.2. The Balaban J connectivity index is 1.97. The Morgan fingerprint density at radius 3 is 2.69 bits per heavy atom. The molecule has 1 aliphatic rings. The van der Waals surface area contributed by atoms with Crippen LogP contribution in [0.4, 0.5) is 0 Å². The van der Waals surface area contributed by atoms with Crippen LogP contribution in [-0.2, 0) is 6.54 Å². The quantitative estimate of drug-likeness (QED) is 0.869. The third-order valence-corrected chi connectivity index (χ3v) is 6.65. The predicted octanol–water partition coefficient (Wildman–Crippen LogP) is 2.80. The lowest BCUT2D eigenvalue weighted by Gasteiger charge is -2.27. The summed E-state index contributed by atoms with van der Waals surface area (Å²) < 4.78 is 1.60. The number of nitrogens with zero attached hydrogens (tertiary/aromatic N) is 3. The molecule has 1 fully saturated rings. The van der Waals surface area contributed by atoms with Crippen LogP contribution in [0.5, 0.6) is 0 Å². The number of aromatic nitrogens is 2. The summed E-state index contributed by atoms with van der Waals surface area (Å²) in [4.78, 5) is 33.1. The van der Waals surface area contributed by atoms with Crippen LogP contribution in [-0.4, -0.2) is 44.7 Å². The molecule has 0 saturated heterocycles. The van der Waals surface area contributed by atoms with Gasteiger partial charge in [-0.3, -0.25) is 14.2 Å². The van der Waals surface area contributed by atoms with Crippen molar-refractivity contribution < 1.29 is 9.90 Å². The van der Waals surface area contributed by atoms with Gasteiger partial charge in [0.15, 0.2) is 0 Å². The summed E-state index contributed by atoms with van der Waals surface area (Å²) in [5.41, 5.74) is 0.609. The van der Waals surface area contributed by atoms with Crippen molar-refractivity contribution >= 4 is 27.5 Å². The lowest BCUT2D eigenvalue weighted by Crippen LogP contribution is -2.32. The van der Waals surface area contributed by atoms with E-state index in [0.717, 1.165) is 31.2 Å². The molecule has 3 rings (SSSR count). The predicted molar refractivity (Wildman–Crippen MR) is 104 cm³/mol. The van der Waals surface area contributed by atoms with E-state index >= 15 is 0 Å². The Labute approximate surface area is 157 Å². The van der Waals surface area contributed by atoms with Gasteiger partial charge in [-0.05, 0) is 39.2 Å². The van der Waals surface area contributed by atoms with Crippen molar-refractivity contribution in [3.8, 4) is 0 Å². The second-order valence-corrected chi connectivity index (χ2v) is 8.03. The summed E-state index contributed by atoms with van der Waals surface area (Å²) in [5.74, 6) is 0.0561. The van der Waals surface area contributed by atoms with Crippen LogP contribution < -0.4 is 5.56 Å². The van der Waals surface area contributed by atoms with Gasteiger partial charge in [0.1, 0.15) is 4.83 Å². The minimum absolute atomic E-state index is 0.0378. The van der Waals surface area contributed by atoms with Crippen molar-refractivity contribution in [1.82, 2.24) is 14.5 Å². The van der Waals surface area contributed by atoms with Crippen LogP contribution in [0.2, 0.25) is 0 Å². The molecule has 1 amide bonds. The number of carbonyl (C=O) groups is 1. The zero-order valence-corrected chi connectivity index (χ0v) is 16.5. The summed E-state index contributed by atoms with van der Waals surface area (Å²) >= 11 is 1.30. The molecule has 2 atom stereocenters. The summed E-state index contributed by atoms with van der Waals surface area (Å²) in [6.45, 7) is 7.49. The van der Waals surface area contributed by atoms with Gasteiger partial charge < -0.3 is 10.0 Å². The molecule has 7 heteroatoms. The van der Waals surface area contributed by atoms with Gasteiger partial charge >= 0.3 is 0 Å². The second kappa shape index (κ2) is 7.88. The molecule has 0 aromatic carbocycles. The van der Waals surface area contributed by atoms with Crippen molar-refractivity contribution in [2.24, 2.45) is 5.92 Å². The van der Waals surface area contributed by atoms with Crippen LogP contribution in [0.1, 0.15) is 54.8 Å². The third-order valence-electron chi connectivity index (χ3n) is 5.46. The molecule has 1 N–H and O–H groups in total. The van der Waals surface area contributed by atoms with E-state index in [0.29, 0.717) is 34.7 Å². The van der Waals surface area contributed by atoms with Crippen LogP contribution in [0, 0.1) is 12.8 Å². The van der Waals surface area contributed by atoms with Crippen LogP contribution >= 0.6 is 11.3 Å². The minimum atomic E-state index is -0.352. The molecule has 0 unspecified atom stereocenters. The number of aliphatic hydroxyl groups excluding tert-OH is 1. The number of hydrogen-bond donors (Lipinski definition) is 1. The maximum Gasteiger partial charge on any atom is 0.264 e. The number of thiophene rings is 1. The van der Waals surface area contributed by atoms with Crippen LogP contribution in [0.25, 0.3) is 10.2 Å². The van der Waals surface area contributed by atoms with Gasteiger partial charge in [-0.25, -0.2) is 4.98 Å². The Morgan fingerprint density at radius 1 is 1.35 bits per heavy atom. The fourth-order valence-corrected chi connectivity index (χ4v) is 4.91. The average Bonchev–Trinajstić information content (AvgIpc) is 2.97. The molecule has 1 saturated carbocycles. The first-order valence-electron chi connectivity index (χ1n) is 9.43. The Bertz CT molecular complexity index is 854. The van der Waals surface area contributed by atoms with E-state index in [4.69, 9.17) is 0 Å². The van der Waals surface area contributed by atoms with E-state index in [1.165, 1.54) is 11.3 Å². The molecule has 6 nitrogen and oxygen atoms in total. The summed E-state index contributed by atoms with van der Waals surface area (Å²) in [6.07, 6.45) is 5.08. The molecule has 2 heterocycles. The van der Waals surface area contributed by atoms with Crippen LogP contribution in [0.3, 0.4) is 0 Å². The van der Waals surface area contributed by atoms with Gasteiger partial charge in [0.05, 0.1) is 22.7 Å². The molecule has 0 aliphatic heterocycles. The zero-order valence-electron chi connectivity index (χ0n) is 15.7. The molecule has 142 valence electrons. The largest absolute Gasteiger partial charge is 0.393 e. The van der Waals surface area contributed by atoms with Gasteiger partial charge in [-0.1, -0.05) is 12.8 Å². The first-order chi connectivity index (χ1) is 12.5. The highest BCUT2D eigenvalue weighted by Crippen LogP contribution is 2.29. The molecule has 2 aromatic rings. The van der Waals surface area contributed by atoms with E-state index in [2.05, 4.69) is 4.98 Å². The minimum Gasteiger partial charge on any atom is -0.393 e. The molecule has 0 spiro atoms. The molecule has 0 radical (unpaired) electrons. The standard InChI is InChI=1S/C19H27N3O3S/c1-4-21(5-2)19(25)16-12(3)15-17(26-16)20-11-22(18(15)24)10-13-8-6-7-9-14(13)23/h11,13-14,23H,4-10H2,1-3H3/t13-,14-/m0/s1. The highest BCUT2D eigenvalue weighted by molar-refractivity contribution is 7.20. The summed E-state index contributed by atoms with van der Waals surface area (Å²) in [7, 11) is 0. The van der Waals surface area contributed by atoms with Crippen molar-refractivity contribution in [1.29, 1.82) is 0 Å². The number of aliphatic hydroxyl groups is 1. The molecular weight excluding hydrogens is 350 g/mol. The van der Waals surface area contributed by atoms with Crippen molar-refractivity contribution in [3.63, 3.8) is 0 Å². The monoisotopic (exact) mass is 377 g/mol. The van der Waals surface area contributed by atoms with Gasteiger partial charge in [0.2, 0.25) is 0 Å². The van der Waals surface area contributed by atoms with E-state index in [1.807, 2.05) is 20.8 Å². The normalized spacial score (nSPS) is 20.5. The maximum atomic E-state index is 13.0. The van der Waals surface area contributed by atoms with E-state index in [1.54, 1.807) is 15.8 Å². The number of fused-ring (bicyclic) bond motifs is 1. The second-order valence-electron chi connectivity index (χ2n) is 7.03. The molecule has 26 heavy (non-hydrogen) atoms. The van der Waals surface area contributed by atoms with Crippen LogP contribution in [0.15, 0.2) is 11.1 Å². The molecule has 1 aliphatic carbocycles. The SMILES string of the molecule is CCN(CC)C(=O)c1sc2ncn(C[C@@H]3CCCC[C@@H]3O)c(=O)c2c1C. The highest BCUT2D eigenvalue weighted by atomic mass is 32.1. The van der Waals surface area contributed by atoms with Gasteiger partial charge in [0.25, 0.3) is 11.5 Å². The molecule has 2 aromatic heterocycles. The number of rotatable bonds is 5. The Morgan fingerprint density at radius 2 is 2.04 bits per heavy atom. The lowest BCUT2D eigenvalue weighted by molar-refractivity contribution is 0.0600. The van der Waals surface area contributed by atoms with Crippen molar-refractivity contribution in [2.45, 2.75) is 59.1 Å². The summed E-state index contributed by atoms with van der Waals surface area (Å²) in [5, 5.41) is 10.7. The van der Waals surface area contributed by atoms with Crippen molar-refractivity contribution in [2.75, 3.05) is 13.1 Å². The topological polar surface area (TPSA) is 75.4 Å². The first kappa shape index (κ1) is 19.0. The molecule has 0 bridgehead atoms. The third kappa shape index (κ3) is 3.42. The molecular formula is C19H27N3O3S. The fraction of sp³-hybridized carbons (Fsp3) is 0.632. The number of amides is 1. The zero-order chi connectivity index (χ0) is 18.8. The number of aryl methyl sites for hydroxylation is 1. The Hall–Kier alpha value is -1.73. The van der Waals surface area contributed by atoms with Gasteiger partial charge in [0, 0.05) is 25.6 Å². The highest BCUT2D eigenvalue weighted by Gasteiger charge is 2.26. The summed E-state index contributed by atoms with van der Waals surface area (Å²) in [6, 6.07) is 0. The Kier molecular flexibility index (Phi) is 5.77. The van der Waals surface area contributed by atoms with Gasteiger partial charge in [-0.15, -0.1) is 11.3 Å². The lowest BCUT2D eigenvalue weighted by atomic mass is 9.86. The van der Waals surface area contributed by atoms with E-state index in [-0.39, 0.29) is 23.5 Å². The van der Waals surface area contributed by atoms with Crippen molar-refractivity contribution in [3.05, 3.63) is 27.1 Å². The van der Waals surface area contributed by atoms with E-state index < -0.39 is 0 Å². The fourth-order valence-electron chi connectivity index (χ4n) is 3.80. The number of hydrogen-bond acceptors (Lipinski definition) is 5. The maximum absolute atomic E-state index is 13.0. The van der Waals surface area contributed by atoms with Gasteiger partial charge in [-0.2, -0.15) is 0 Å². The van der Waals surface area contributed by atoms with E-state index in [9.17, 15) is 14.7 Å². The smallest absolute Gasteiger partial charge is 0.264 e.